The summed E-state index contributed by atoms with van der Waals surface area (Å²) >= 11 is 0. The molecule has 0 atom stereocenters. The Morgan fingerprint density at radius 3 is 2.58 bits per heavy atom. The van der Waals surface area contributed by atoms with Crippen molar-refractivity contribution in [3.8, 4) is 34.1 Å². The fourth-order valence-corrected chi connectivity index (χ4v) is 2.85. The number of benzene rings is 2. The molecule has 0 bridgehead atoms. The maximum atomic E-state index is 11.9. The van der Waals surface area contributed by atoms with Gasteiger partial charge in [0, 0.05) is 0 Å². The minimum absolute atomic E-state index is 0.191. The molecule has 0 aliphatic carbocycles. The molecule has 0 radical (unpaired) electrons. The molecule has 122 valence electrons. The third-order valence-electron chi connectivity index (χ3n) is 3.94. The van der Waals surface area contributed by atoms with E-state index in [1.54, 1.807) is 20.3 Å². The van der Waals surface area contributed by atoms with Gasteiger partial charge in [-0.2, -0.15) is 0 Å². The van der Waals surface area contributed by atoms with Gasteiger partial charge in [-0.15, -0.1) is 0 Å². The molecule has 2 heterocycles. The van der Waals surface area contributed by atoms with Crippen LogP contribution in [0.2, 0.25) is 0 Å². The molecule has 3 aromatic rings. The lowest BCUT2D eigenvalue weighted by atomic mass is 10.0. The first-order chi connectivity index (χ1) is 11.7. The van der Waals surface area contributed by atoms with E-state index in [4.69, 9.17) is 18.7 Å². The van der Waals surface area contributed by atoms with Gasteiger partial charge in [0.1, 0.15) is 17.2 Å². The van der Waals surface area contributed by atoms with Crippen LogP contribution in [0.5, 0.6) is 17.2 Å². The van der Waals surface area contributed by atoms with Gasteiger partial charge >= 0.3 is 5.76 Å². The lowest BCUT2D eigenvalue weighted by Gasteiger charge is -2.19. The molecule has 1 aliphatic heterocycles. The van der Waals surface area contributed by atoms with E-state index in [0.29, 0.717) is 28.8 Å². The molecule has 0 fully saturated rings. The maximum absolute atomic E-state index is 11.9. The van der Waals surface area contributed by atoms with Crippen LogP contribution in [0, 0.1) is 0 Å². The maximum Gasteiger partial charge on any atom is 0.446 e. The Morgan fingerprint density at radius 1 is 1.12 bits per heavy atom. The van der Waals surface area contributed by atoms with Crippen molar-refractivity contribution in [2.45, 2.75) is 6.61 Å². The van der Waals surface area contributed by atoms with Gasteiger partial charge in [-0.3, -0.25) is 4.52 Å². The van der Waals surface area contributed by atoms with Gasteiger partial charge in [0.05, 0.1) is 25.5 Å². The molecular weight excluding hydrogens is 312 g/mol. The van der Waals surface area contributed by atoms with Crippen LogP contribution in [0.25, 0.3) is 16.8 Å². The Morgan fingerprint density at radius 2 is 1.88 bits per heavy atom. The average Bonchev–Trinajstić information content (AvgIpc) is 3.02. The van der Waals surface area contributed by atoms with E-state index in [2.05, 4.69) is 5.16 Å². The highest BCUT2D eigenvalue weighted by Crippen LogP contribution is 2.41. The fourth-order valence-electron chi connectivity index (χ4n) is 2.85. The second-order valence-corrected chi connectivity index (χ2v) is 5.21. The van der Waals surface area contributed by atoms with Crippen molar-refractivity contribution in [3.63, 3.8) is 0 Å². The van der Waals surface area contributed by atoms with Crippen LogP contribution in [0.4, 0.5) is 0 Å². The van der Waals surface area contributed by atoms with Crippen LogP contribution in [0.1, 0.15) is 5.82 Å². The molecule has 0 amide bonds. The summed E-state index contributed by atoms with van der Waals surface area (Å²) in [6.45, 7) is 0.191. The molecule has 0 unspecified atom stereocenters. The first-order valence-corrected chi connectivity index (χ1v) is 7.29. The number of ether oxygens (including phenoxy) is 3. The Bertz CT molecular complexity index is 951. The summed E-state index contributed by atoms with van der Waals surface area (Å²) in [5, 5.41) is 3.73. The monoisotopic (exact) mass is 326 g/mol. The summed E-state index contributed by atoms with van der Waals surface area (Å²) in [6, 6.07) is 11.1. The van der Waals surface area contributed by atoms with Crippen molar-refractivity contribution in [2.24, 2.45) is 0 Å². The Kier molecular flexibility index (Phi) is 3.26. The number of nitrogens with zero attached hydrogens (tertiary/aromatic N) is 2. The molecule has 2 aromatic carbocycles. The zero-order valence-electron chi connectivity index (χ0n) is 13.1. The van der Waals surface area contributed by atoms with Crippen LogP contribution < -0.4 is 20.0 Å². The summed E-state index contributed by atoms with van der Waals surface area (Å²) in [5.41, 5.74) is 2.20. The normalized spacial score (nSPS) is 12.1. The van der Waals surface area contributed by atoms with Gasteiger partial charge < -0.3 is 14.2 Å². The molecule has 4 rings (SSSR count). The van der Waals surface area contributed by atoms with Gasteiger partial charge in [0.2, 0.25) is 0 Å². The van der Waals surface area contributed by atoms with Gasteiger partial charge in [-0.1, -0.05) is 17.3 Å². The van der Waals surface area contributed by atoms with Gasteiger partial charge in [0.25, 0.3) is 0 Å². The fraction of sp³-hybridized carbons (Fsp3) is 0.176. The van der Waals surface area contributed by atoms with Crippen molar-refractivity contribution in [2.75, 3.05) is 14.2 Å². The van der Waals surface area contributed by atoms with E-state index < -0.39 is 5.76 Å². The largest absolute Gasteiger partial charge is 0.496 e. The predicted octanol–water partition coefficient (Wildman–Crippen LogP) is 2.40. The molecule has 0 saturated heterocycles. The van der Waals surface area contributed by atoms with Crippen molar-refractivity contribution >= 4 is 0 Å². The highest BCUT2D eigenvalue weighted by molar-refractivity contribution is 5.79. The van der Waals surface area contributed by atoms with E-state index in [1.165, 1.54) is 4.57 Å². The molecule has 7 nitrogen and oxygen atoms in total. The number of aromatic nitrogens is 2. The van der Waals surface area contributed by atoms with E-state index in [-0.39, 0.29) is 6.61 Å². The number of hydrogen-bond donors (Lipinski definition) is 0. The van der Waals surface area contributed by atoms with Crippen LogP contribution in [-0.4, -0.2) is 23.9 Å². The molecule has 0 saturated carbocycles. The number of methoxy groups -OCH3 is 2. The summed E-state index contributed by atoms with van der Waals surface area (Å²) in [5.74, 6) is 1.81. The summed E-state index contributed by atoms with van der Waals surface area (Å²) in [7, 11) is 3.20. The minimum Gasteiger partial charge on any atom is -0.496 e. The lowest BCUT2D eigenvalue weighted by Crippen LogP contribution is -2.21. The van der Waals surface area contributed by atoms with Crippen molar-refractivity contribution in [1.82, 2.24) is 9.72 Å². The molecule has 0 N–H and O–H groups in total. The molecule has 0 spiro atoms. The van der Waals surface area contributed by atoms with Crippen LogP contribution >= 0.6 is 0 Å². The standard InChI is InChI=1S/C17H14N2O5/c1-21-13-4-3-5-14(22-2)16(13)10-6-7-12-11(8-10)19-15(9-23-12)18-24-17(19)20/h3-8H,9H2,1-2H3. The predicted molar refractivity (Wildman–Crippen MR) is 85.0 cm³/mol. The highest BCUT2D eigenvalue weighted by atomic mass is 16.5. The van der Waals surface area contributed by atoms with E-state index >= 15 is 0 Å². The Hall–Kier alpha value is -3.22. The average molecular weight is 326 g/mol. The molecule has 1 aliphatic rings. The molecule has 1 aromatic heterocycles. The van der Waals surface area contributed by atoms with Crippen LogP contribution in [0.3, 0.4) is 0 Å². The third kappa shape index (κ3) is 2.05. The topological polar surface area (TPSA) is 75.7 Å². The van der Waals surface area contributed by atoms with Crippen LogP contribution in [0.15, 0.2) is 45.7 Å². The number of rotatable bonds is 3. The van der Waals surface area contributed by atoms with Crippen molar-refractivity contribution in [3.05, 3.63) is 52.8 Å². The number of fused-ring (bicyclic) bond motifs is 3. The molecular formula is C17H14N2O5. The molecule has 24 heavy (non-hydrogen) atoms. The third-order valence-corrected chi connectivity index (χ3v) is 3.94. The van der Waals surface area contributed by atoms with Gasteiger partial charge in [-0.05, 0) is 29.8 Å². The molecule has 7 heteroatoms. The van der Waals surface area contributed by atoms with Gasteiger partial charge in [0.15, 0.2) is 12.4 Å². The zero-order chi connectivity index (χ0) is 16.7. The first kappa shape index (κ1) is 14.4. The SMILES string of the molecule is COc1cccc(OC)c1-c1ccc2c(c1)-n1c(noc1=O)CO2. The smallest absolute Gasteiger partial charge is 0.446 e. The summed E-state index contributed by atoms with van der Waals surface area (Å²) < 4.78 is 22.7. The summed E-state index contributed by atoms with van der Waals surface area (Å²) in [4.78, 5) is 11.9. The van der Waals surface area contributed by atoms with Crippen molar-refractivity contribution < 1.29 is 18.7 Å². The van der Waals surface area contributed by atoms with Crippen LogP contribution in [-0.2, 0) is 6.61 Å². The minimum atomic E-state index is -0.543. The summed E-state index contributed by atoms with van der Waals surface area (Å²) in [6.07, 6.45) is 0. The first-order valence-electron chi connectivity index (χ1n) is 7.29. The van der Waals surface area contributed by atoms with E-state index in [0.717, 1.165) is 11.1 Å². The Labute approximate surface area is 137 Å². The van der Waals surface area contributed by atoms with E-state index in [9.17, 15) is 4.79 Å². The lowest BCUT2D eigenvalue weighted by molar-refractivity contribution is 0.274. The zero-order valence-corrected chi connectivity index (χ0v) is 13.1. The highest BCUT2D eigenvalue weighted by Gasteiger charge is 2.24. The van der Waals surface area contributed by atoms with Crippen molar-refractivity contribution in [1.29, 1.82) is 0 Å². The second-order valence-electron chi connectivity index (χ2n) is 5.21. The van der Waals surface area contributed by atoms with Gasteiger partial charge in [-0.25, -0.2) is 9.36 Å². The quantitative estimate of drug-likeness (QED) is 0.736. The van der Waals surface area contributed by atoms with E-state index in [1.807, 2.05) is 30.3 Å². The Balaban J connectivity index is 1.95. The number of hydrogen-bond acceptors (Lipinski definition) is 6. The second kappa shape index (κ2) is 5.45.